The number of nitrogens with zero attached hydrogens (tertiary/aromatic N) is 2. The van der Waals surface area contributed by atoms with E-state index in [1.807, 2.05) is 13.8 Å². The number of aromatic nitrogens is 2. The van der Waals surface area contributed by atoms with Gasteiger partial charge in [-0.25, -0.2) is 4.98 Å². The smallest absolute Gasteiger partial charge is 0.105 e. The number of imidazole rings is 1. The Kier molecular flexibility index (Phi) is 4.42. The van der Waals surface area contributed by atoms with E-state index in [1.54, 1.807) is 0 Å². The quantitative estimate of drug-likeness (QED) is 0.747. The summed E-state index contributed by atoms with van der Waals surface area (Å²) >= 11 is 0. The molecular formula is C8H15BrN2. The lowest BCUT2D eigenvalue weighted by molar-refractivity contribution is 0.657. The highest BCUT2D eigenvalue weighted by Gasteiger charge is 1.96. The van der Waals surface area contributed by atoms with E-state index in [2.05, 4.69) is 22.7 Å². The molecule has 1 heterocycles. The Labute approximate surface area is 78.4 Å². The lowest BCUT2D eigenvalue weighted by Crippen LogP contribution is -1.96. The number of hydrogen-bond acceptors (Lipinski definition) is 1. The van der Waals surface area contributed by atoms with Gasteiger partial charge >= 0.3 is 0 Å². The summed E-state index contributed by atoms with van der Waals surface area (Å²) in [6.45, 7) is 7.34. The molecule has 0 amide bonds. The van der Waals surface area contributed by atoms with Crippen LogP contribution in [-0.4, -0.2) is 9.55 Å². The summed E-state index contributed by atoms with van der Waals surface area (Å²) in [6, 6.07) is 0. The van der Waals surface area contributed by atoms with Crippen molar-refractivity contribution in [1.82, 2.24) is 9.55 Å². The van der Waals surface area contributed by atoms with Gasteiger partial charge in [0.25, 0.3) is 0 Å². The molecule has 0 N–H and O–H groups in total. The fourth-order valence-corrected chi connectivity index (χ4v) is 1.13. The standard InChI is InChI=1S/C8H14N2.BrH/c1-4-5-10-6-7(2)9-8(10)3;/h6H,4-5H2,1-3H3;1H. The summed E-state index contributed by atoms with van der Waals surface area (Å²) < 4.78 is 2.19. The van der Waals surface area contributed by atoms with Gasteiger partial charge in [0.15, 0.2) is 0 Å². The average Bonchev–Trinajstić information content (AvgIpc) is 2.13. The van der Waals surface area contributed by atoms with Crippen molar-refractivity contribution >= 4 is 17.0 Å². The van der Waals surface area contributed by atoms with Crippen molar-refractivity contribution in [3.8, 4) is 0 Å². The highest BCUT2D eigenvalue weighted by molar-refractivity contribution is 8.93. The molecule has 0 radical (unpaired) electrons. The second-order valence-corrected chi connectivity index (χ2v) is 2.62. The third-order valence-electron chi connectivity index (χ3n) is 1.56. The molecule has 1 aromatic heterocycles. The second-order valence-electron chi connectivity index (χ2n) is 2.62. The summed E-state index contributed by atoms with van der Waals surface area (Å²) in [6.07, 6.45) is 3.27. The predicted octanol–water partition coefficient (Wildman–Crippen LogP) is 2.49. The van der Waals surface area contributed by atoms with E-state index in [0.29, 0.717) is 0 Å². The minimum atomic E-state index is 0. The van der Waals surface area contributed by atoms with Gasteiger partial charge in [0.2, 0.25) is 0 Å². The molecule has 0 aliphatic carbocycles. The Morgan fingerprint density at radius 3 is 2.45 bits per heavy atom. The van der Waals surface area contributed by atoms with Gasteiger partial charge in [-0.15, -0.1) is 17.0 Å². The summed E-state index contributed by atoms with van der Waals surface area (Å²) in [7, 11) is 0. The van der Waals surface area contributed by atoms with Crippen LogP contribution in [0, 0.1) is 13.8 Å². The monoisotopic (exact) mass is 218 g/mol. The Morgan fingerprint density at radius 2 is 2.09 bits per heavy atom. The first-order chi connectivity index (χ1) is 4.74. The summed E-state index contributed by atoms with van der Waals surface area (Å²) in [4.78, 5) is 4.29. The first-order valence-electron chi connectivity index (χ1n) is 3.74. The first kappa shape index (κ1) is 10.7. The molecule has 3 heteroatoms. The van der Waals surface area contributed by atoms with E-state index in [4.69, 9.17) is 0 Å². The largest absolute Gasteiger partial charge is 0.335 e. The van der Waals surface area contributed by atoms with Crippen LogP contribution in [0.3, 0.4) is 0 Å². The molecule has 0 unspecified atom stereocenters. The molecule has 0 atom stereocenters. The van der Waals surface area contributed by atoms with Crippen molar-refractivity contribution in [3.05, 3.63) is 17.7 Å². The van der Waals surface area contributed by atoms with Crippen LogP contribution in [-0.2, 0) is 6.54 Å². The van der Waals surface area contributed by atoms with E-state index < -0.39 is 0 Å². The predicted molar refractivity (Wildman–Crippen MR) is 52.3 cm³/mol. The maximum absolute atomic E-state index is 4.29. The van der Waals surface area contributed by atoms with Crippen LogP contribution in [0.25, 0.3) is 0 Å². The van der Waals surface area contributed by atoms with Gasteiger partial charge in [-0.1, -0.05) is 6.92 Å². The van der Waals surface area contributed by atoms with Crippen molar-refractivity contribution in [2.45, 2.75) is 33.7 Å². The molecule has 1 rings (SSSR count). The number of aryl methyl sites for hydroxylation is 3. The van der Waals surface area contributed by atoms with Gasteiger partial charge in [0.05, 0.1) is 5.69 Å². The fraction of sp³-hybridized carbons (Fsp3) is 0.625. The van der Waals surface area contributed by atoms with Crippen LogP contribution < -0.4 is 0 Å². The molecule has 1 aromatic rings. The highest BCUT2D eigenvalue weighted by Crippen LogP contribution is 2.01. The van der Waals surface area contributed by atoms with Crippen molar-refractivity contribution in [2.75, 3.05) is 0 Å². The molecule has 0 bridgehead atoms. The Morgan fingerprint density at radius 1 is 1.45 bits per heavy atom. The molecule has 0 saturated carbocycles. The van der Waals surface area contributed by atoms with Crippen molar-refractivity contribution in [1.29, 1.82) is 0 Å². The van der Waals surface area contributed by atoms with E-state index >= 15 is 0 Å². The van der Waals surface area contributed by atoms with Gasteiger partial charge in [-0.05, 0) is 20.3 Å². The highest BCUT2D eigenvalue weighted by atomic mass is 79.9. The van der Waals surface area contributed by atoms with E-state index in [0.717, 1.165) is 18.1 Å². The van der Waals surface area contributed by atoms with Crippen molar-refractivity contribution < 1.29 is 0 Å². The Hall–Kier alpha value is -0.310. The lowest BCUT2D eigenvalue weighted by atomic mass is 10.4. The third-order valence-corrected chi connectivity index (χ3v) is 1.56. The number of rotatable bonds is 2. The molecule has 0 aliphatic heterocycles. The van der Waals surface area contributed by atoms with Gasteiger partial charge in [0.1, 0.15) is 5.82 Å². The van der Waals surface area contributed by atoms with Crippen LogP contribution in [0.1, 0.15) is 24.9 Å². The Bertz CT molecular complexity index is 218. The fourth-order valence-electron chi connectivity index (χ4n) is 1.13. The minimum Gasteiger partial charge on any atom is -0.335 e. The zero-order valence-electron chi connectivity index (χ0n) is 7.29. The molecule has 0 aliphatic rings. The molecule has 0 fully saturated rings. The molecular weight excluding hydrogens is 204 g/mol. The van der Waals surface area contributed by atoms with Gasteiger partial charge in [-0.2, -0.15) is 0 Å². The third kappa shape index (κ3) is 2.66. The zero-order valence-corrected chi connectivity index (χ0v) is 9.01. The lowest BCUT2D eigenvalue weighted by Gasteiger charge is -1.99. The minimum absolute atomic E-state index is 0. The van der Waals surface area contributed by atoms with Gasteiger partial charge in [0, 0.05) is 12.7 Å². The molecule has 11 heavy (non-hydrogen) atoms. The maximum Gasteiger partial charge on any atom is 0.105 e. The van der Waals surface area contributed by atoms with Crippen LogP contribution in [0.15, 0.2) is 6.20 Å². The van der Waals surface area contributed by atoms with E-state index in [1.165, 1.54) is 6.42 Å². The van der Waals surface area contributed by atoms with Crippen molar-refractivity contribution in [3.63, 3.8) is 0 Å². The molecule has 64 valence electrons. The first-order valence-corrected chi connectivity index (χ1v) is 3.74. The van der Waals surface area contributed by atoms with E-state index in [9.17, 15) is 0 Å². The Balaban J connectivity index is 0.000001000. The van der Waals surface area contributed by atoms with Gasteiger partial charge in [-0.3, -0.25) is 0 Å². The summed E-state index contributed by atoms with van der Waals surface area (Å²) in [5.41, 5.74) is 1.12. The van der Waals surface area contributed by atoms with Gasteiger partial charge < -0.3 is 4.57 Å². The SMILES string of the molecule is Br.CCCn1cc(C)nc1C. The number of hydrogen-bond donors (Lipinski definition) is 0. The molecule has 2 nitrogen and oxygen atoms in total. The average molecular weight is 219 g/mol. The van der Waals surface area contributed by atoms with Crippen LogP contribution >= 0.6 is 17.0 Å². The molecule has 0 aromatic carbocycles. The van der Waals surface area contributed by atoms with Crippen LogP contribution in [0.2, 0.25) is 0 Å². The van der Waals surface area contributed by atoms with Crippen LogP contribution in [0.5, 0.6) is 0 Å². The maximum atomic E-state index is 4.29. The summed E-state index contributed by atoms with van der Waals surface area (Å²) in [5.74, 6) is 1.12. The normalized spacial score (nSPS) is 9.36. The van der Waals surface area contributed by atoms with E-state index in [-0.39, 0.29) is 17.0 Å². The van der Waals surface area contributed by atoms with Crippen molar-refractivity contribution in [2.24, 2.45) is 0 Å². The topological polar surface area (TPSA) is 17.8 Å². The van der Waals surface area contributed by atoms with Crippen LogP contribution in [0.4, 0.5) is 0 Å². The molecule has 0 spiro atoms. The molecule has 0 saturated heterocycles. The number of halogens is 1. The second kappa shape index (κ2) is 4.54. The zero-order chi connectivity index (χ0) is 7.56. The summed E-state index contributed by atoms with van der Waals surface area (Å²) in [5, 5.41) is 0.